The normalized spacial score (nSPS) is 15.2. The molecule has 3 rings (SSSR count). The summed E-state index contributed by atoms with van der Waals surface area (Å²) in [5, 5.41) is 3.28. The topological polar surface area (TPSA) is 104 Å². The Morgan fingerprint density at radius 2 is 2.04 bits per heavy atom. The van der Waals surface area contributed by atoms with Gasteiger partial charge in [-0.25, -0.2) is 0 Å². The molecule has 1 aliphatic heterocycles. The summed E-state index contributed by atoms with van der Waals surface area (Å²) >= 11 is 0. The highest BCUT2D eigenvalue weighted by atomic mass is 16.2. The van der Waals surface area contributed by atoms with Crippen LogP contribution in [0.2, 0.25) is 0 Å². The van der Waals surface area contributed by atoms with Crippen LogP contribution in [0.3, 0.4) is 0 Å². The van der Waals surface area contributed by atoms with Crippen LogP contribution >= 0.6 is 0 Å². The number of amides is 1. The van der Waals surface area contributed by atoms with Gasteiger partial charge in [-0.1, -0.05) is 6.08 Å². The number of aromatic nitrogens is 2. The van der Waals surface area contributed by atoms with Crippen molar-refractivity contribution in [2.45, 2.75) is 12.8 Å². The molecule has 0 spiro atoms. The van der Waals surface area contributed by atoms with Gasteiger partial charge in [0, 0.05) is 56.4 Å². The number of piperidine rings is 1. The van der Waals surface area contributed by atoms with Crippen LogP contribution in [-0.4, -0.2) is 47.0 Å². The average molecular weight is 367 g/mol. The van der Waals surface area contributed by atoms with Gasteiger partial charge in [0.05, 0.1) is 0 Å². The Morgan fingerprint density at radius 3 is 2.74 bits per heavy atom. The SMILES string of the molecule is NC/C=C/C(=O)N1CCC(CNc2cc(-c3ccncc3)c[nH]c2=O)CC1. The zero-order chi connectivity index (χ0) is 19.1. The second-order valence-electron chi connectivity index (χ2n) is 6.65. The maximum atomic E-state index is 12.1. The summed E-state index contributed by atoms with van der Waals surface area (Å²) in [6.45, 7) is 2.55. The highest BCUT2D eigenvalue weighted by molar-refractivity contribution is 5.87. The maximum absolute atomic E-state index is 12.1. The van der Waals surface area contributed by atoms with Crippen LogP contribution in [0.4, 0.5) is 5.69 Å². The average Bonchev–Trinajstić information content (AvgIpc) is 2.72. The fourth-order valence-corrected chi connectivity index (χ4v) is 3.21. The summed E-state index contributed by atoms with van der Waals surface area (Å²) in [4.78, 5) is 32.7. The summed E-state index contributed by atoms with van der Waals surface area (Å²) in [6, 6.07) is 5.68. The fourth-order valence-electron chi connectivity index (χ4n) is 3.21. The van der Waals surface area contributed by atoms with Gasteiger partial charge in [0.2, 0.25) is 5.91 Å². The molecular weight excluding hydrogens is 342 g/mol. The molecule has 0 aliphatic carbocycles. The monoisotopic (exact) mass is 367 g/mol. The lowest BCUT2D eigenvalue weighted by atomic mass is 9.96. The van der Waals surface area contributed by atoms with Crippen LogP contribution < -0.4 is 16.6 Å². The number of rotatable bonds is 6. The highest BCUT2D eigenvalue weighted by Crippen LogP contribution is 2.21. The Morgan fingerprint density at radius 1 is 1.30 bits per heavy atom. The number of aromatic amines is 1. The molecule has 0 bridgehead atoms. The molecule has 0 unspecified atom stereocenters. The molecule has 0 atom stereocenters. The van der Waals surface area contributed by atoms with Crippen molar-refractivity contribution in [2.75, 3.05) is 31.5 Å². The van der Waals surface area contributed by atoms with Crippen molar-refractivity contribution in [3.8, 4) is 11.1 Å². The molecule has 0 radical (unpaired) electrons. The Labute approximate surface area is 158 Å². The first-order chi connectivity index (χ1) is 13.2. The molecule has 2 aromatic heterocycles. The number of H-pyrrole nitrogens is 1. The molecule has 0 aromatic carbocycles. The minimum atomic E-state index is -0.132. The van der Waals surface area contributed by atoms with E-state index in [0.717, 1.165) is 37.1 Å². The third-order valence-corrected chi connectivity index (χ3v) is 4.82. The summed E-state index contributed by atoms with van der Waals surface area (Å²) < 4.78 is 0. The van der Waals surface area contributed by atoms with Gasteiger partial charge < -0.3 is 20.9 Å². The molecule has 27 heavy (non-hydrogen) atoms. The number of pyridine rings is 2. The lowest BCUT2D eigenvalue weighted by molar-refractivity contribution is -0.127. The van der Waals surface area contributed by atoms with Crippen molar-refractivity contribution in [1.82, 2.24) is 14.9 Å². The number of anilines is 1. The molecule has 1 amide bonds. The standard InChI is InChI=1S/C20H25N5O2/c21-7-1-2-19(26)25-10-5-15(6-11-25)13-23-18-12-17(14-24-20(18)27)16-3-8-22-9-4-16/h1-4,8-9,12,14-15,23H,5-7,10-11,13,21H2,(H,24,27)/b2-1+. The van der Waals surface area contributed by atoms with E-state index in [-0.39, 0.29) is 11.5 Å². The Kier molecular flexibility index (Phi) is 6.38. The minimum Gasteiger partial charge on any atom is -0.380 e. The van der Waals surface area contributed by atoms with Crippen LogP contribution in [-0.2, 0) is 4.79 Å². The first-order valence-corrected chi connectivity index (χ1v) is 9.20. The molecule has 1 aliphatic rings. The maximum Gasteiger partial charge on any atom is 0.271 e. The first-order valence-electron chi connectivity index (χ1n) is 9.20. The van der Waals surface area contributed by atoms with Crippen LogP contribution in [0.15, 0.2) is 53.7 Å². The van der Waals surface area contributed by atoms with Crippen LogP contribution in [0.25, 0.3) is 11.1 Å². The van der Waals surface area contributed by atoms with Gasteiger partial charge in [-0.15, -0.1) is 0 Å². The minimum absolute atomic E-state index is 0.0216. The molecule has 7 nitrogen and oxygen atoms in total. The van der Waals surface area contributed by atoms with E-state index in [2.05, 4.69) is 15.3 Å². The number of carbonyl (C=O) groups is 1. The van der Waals surface area contributed by atoms with Gasteiger partial charge in [-0.05, 0) is 42.5 Å². The lowest BCUT2D eigenvalue weighted by Gasteiger charge is -2.31. The molecule has 3 heterocycles. The van der Waals surface area contributed by atoms with E-state index in [1.807, 2.05) is 23.1 Å². The summed E-state index contributed by atoms with van der Waals surface area (Å²) in [5.74, 6) is 0.449. The van der Waals surface area contributed by atoms with E-state index in [0.29, 0.717) is 24.7 Å². The third-order valence-electron chi connectivity index (χ3n) is 4.82. The van der Waals surface area contributed by atoms with Crippen LogP contribution in [0, 0.1) is 5.92 Å². The van der Waals surface area contributed by atoms with Crippen molar-refractivity contribution < 1.29 is 4.79 Å². The zero-order valence-electron chi connectivity index (χ0n) is 15.2. The zero-order valence-corrected chi connectivity index (χ0v) is 15.2. The number of nitrogens with zero attached hydrogens (tertiary/aromatic N) is 2. The molecular formula is C20H25N5O2. The Bertz CT molecular complexity index is 839. The number of nitrogens with one attached hydrogen (secondary N) is 2. The van der Waals surface area contributed by atoms with Crippen LogP contribution in [0.1, 0.15) is 12.8 Å². The highest BCUT2D eigenvalue weighted by Gasteiger charge is 2.21. The first kappa shape index (κ1) is 18.8. The van der Waals surface area contributed by atoms with Crippen molar-refractivity contribution in [3.05, 3.63) is 59.3 Å². The van der Waals surface area contributed by atoms with Crippen molar-refractivity contribution in [3.63, 3.8) is 0 Å². The van der Waals surface area contributed by atoms with Gasteiger partial charge in [-0.2, -0.15) is 0 Å². The van der Waals surface area contributed by atoms with Gasteiger partial charge in [0.15, 0.2) is 0 Å². The molecule has 0 saturated carbocycles. The van der Waals surface area contributed by atoms with Crippen molar-refractivity contribution in [1.29, 1.82) is 0 Å². The molecule has 4 N–H and O–H groups in total. The van der Waals surface area contributed by atoms with E-state index in [4.69, 9.17) is 5.73 Å². The van der Waals surface area contributed by atoms with Gasteiger partial charge in [-0.3, -0.25) is 14.6 Å². The van der Waals surface area contributed by atoms with E-state index < -0.39 is 0 Å². The second kappa shape index (κ2) is 9.14. The predicted molar refractivity (Wildman–Crippen MR) is 106 cm³/mol. The third kappa shape index (κ3) is 5.04. The fraction of sp³-hybridized carbons (Fsp3) is 0.350. The number of hydrogen-bond acceptors (Lipinski definition) is 5. The molecule has 7 heteroatoms. The number of hydrogen-bond donors (Lipinski definition) is 3. The summed E-state index contributed by atoms with van der Waals surface area (Å²) in [6.07, 6.45) is 10.2. The molecule has 142 valence electrons. The van der Waals surface area contributed by atoms with Crippen molar-refractivity contribution in [2.24, 2.45) is 11.7 Å². The predicted octanol–water partition coefficient (Wildman–Crippen LogP) is 1.60. The number of carbonyl (C=O) groups excluding carboxylic acids is 1. The van der Waals surface area contributed by atoms with E-state index in [1.54, 1.807) is 30.7 Å². The van der Waals surface area contributed by atoms with E-state index in [9.17, 15) is 9.59 Å². The molecule has 1 saturated heterocycles. The van der Waals surface area contributed by atoms with Gasteiger partial charge >= 0.3 is 0 Å². The lowest BCUT2D eigenvalue weighted by Crippen LogP contribution is -2.39. The summed E-state index contributed by atoms with van der Waals surface area (Å²) in [7, 11) is 0. The molecule has 1 fully saturated rings. The Hall–Kier alpha value is -2.93. The number of nitrogens with two attached hydrogens (primary N) is 1. The molecule has 2 aromatic rings. The van der Waals surface area contributed by atoms with Gasteiger partial charge in [0.1, 0.15) is 5.69 Å². The summed E-state index contributed by atoms with van der Waals surface area (Å²) in [5.41, 5.74) is 7.76. The smallest absolute Gasteiger partial charge is 0.271 e. The quantitative estimate of drug-likeness (QED) is 0.673. The van der Waals surface area contributed by atoms with Crippen LogP contribution in [0.5, 0.6) is 0 Å². The van der Waals surface area contributed by atoms with Gasteiger partial charge in [0.25, 0.3) is 5.56 Å². The Balaban J connectivity index is 1.56. The largest absolute Gasteiger partial charge is 0.380 e. The van der Waals surface area contributed by atoms with E-state index in [1.165, 1.54) is 0 Å². The second-order valence-corrected chi connectivity index (χ2v) is 6.65. The number of likely N-dealkylation sites (tertiary alicyclic amines) is 1. The van der Waals surface area contributed by atoms with E-state index >= 15 is 0 Å². The van der Waals surface area contributed by atoms with Crippen molar-refractivity contribution >= 4 is 11.6 Å².